The van der Waals surface area contributed by atoms with E-state index in [1.807, 2.05) is 42.5 Å². The highest BCUT2D eigenvalue weighted by molar-refractivity contribution is 6.42. The van der Waals surface area contributed by atoms with Gasteiger partial charge >= 0.3 is 0 Å². The second-order valence-electron chi connectivity index (χ2n) is 4.16. The molecular formula is C16H14Cl2. The molecule has 0 nitrogen and oxygen atoms in total. The Morgan fingerprint density at radius 3 is 2.28 bits per heavy atom. The highest BCUT2D eigenvalue weighted by Gasteiger charge is 2.13. The molecule has 18 heavy (non-hydrogen) atoms. The van der Waals surface area contributed by atoms with Gasteiger partial charge in [0.2, 0.25) is 0 Å². The summed E-state index contributed by atoms with van der Waals surface area (Å²) in [5.74, 6) is 0.276. The third-order valence-electron chi connectivity index (χ3n) is 2.95. The second-order valence-corrected chi connectivity index (χ2v) is 4.98. The highest BCUT2D eigenvalue weighted by atomic mass is 35.5. The van der Waals surface area contributed by atoms with Crippen LogP contribution in [0, 0.1) is 0 Å². The molecule has 0 heterocycles. The Morgan fingerprint density at radius 1 is 0.944 bits per heavy atom. The Kier molecular flexibility index (Phi) is 4.46. The molecule has 0 aliphatic rings. The van der Waals surface area contributed by atoms with Crippen molar-refractivity contribution in [2.45, 2.75) is 12.3 Å². The van der Waals surface area contributed by atoms with Gasteiger partial charge in [0.25, 0.3) is 0 Å². The van der Waals surface area contributed by atoms with Gasteiger partial charge in [0, 0.05) is 5.92 Å². The van der Waals surface area contributed by atoms with Crippen LogP contribution in [0.25, 0.3) is 0 Å². The molecule has 0 radical (unpaired) electrons. The molecule has 0 saturated heterocycles. The van der Waals surface area contributed by atoms with Gasteiger partial charge in [-0.25, -0.2) is 0 Å². The molecule has 0 saturated carbocycles. The van der Waals surface area contributed by atoms with E-state index in [1.54, 1.807) is 0 Å². The third-order valence-corrected chi connectivity index (χ3v) is 3.69. The summed E-state index contributed by atoms with van der Waals surface area (Å²) in [5, 5.41) is 1.19. The van der Waals surface area contributed by atoms with Crippen molar-refractivity contribution in [3.63, 3.8) is 0 Å². The van der Waals surface area contributed by atoms with Gasteiger partial charge in [-0.1, -0.05) is 65.7 Å². The van der Waals surface area contributed by atoms with Crippen LogP contribution < -0.4 is 0 Å². The summed E-state index contributed by atoms with van der Waals surface area (Å²) in [7, 11) is 0. The normalized spacial score (nSPS) is 12.1. The van der Waals surface area contributed by atoms with E-state index in [0.29, 0.717) is 10.0 Å². The van der Waals surface area contributed by atoms with E-state index < -0.39 is 0 Å². The van der Waals surface area contributed by atoms with Gasteiger partial charge in [0.15, 0.2) is 0 Å². The molecule has 1 unspecified atom stereocenters. The van der Waals surface area contributed by atoms with Gasteiger partial charge in [-0.15, -0.1) is 6.58 Å². The minimum absolute atomic E-state index is 0.276. The molecule has 0 aliphatic heterocycles. The molecule has 0 aromatic heterocycles. The zero-order chi connectivity index (χ0) is 13.0. The fourth-order valence-corrected chi connectivity index (χ4v) is 2.35. The maximum atomic E-state index is 6.09. The van der Waals surface area contributed by atoms with Crippen LogP contribution in [-0.4, -0.2) is 0 Å². The van der Waals surface area contributed by atoms with Crippen LogP contribution in [0.2, 0.25) is 10.0 Å². The summed E-state index contributed by atoms with van der Waals surface area (Å²) in [5.41, 5.74) is 2.42. The molecule has 2 heteroatoms. The van der Waals surface area contributed by atoms with E-state index >= 15 is 0 Å². The SMILES string of the molecule is C=CCC(c1ccccc1)c1ccc(Cl)c(Cl)c1. The van der Waals surface area contributed by atoms with Crippen molar-refractivity contribution < 1.29 is 0 Å². The predicted octanol–water partition coefficient (Wildman–Crippen LogP) is 5.70. The molecule has 0 amide bonds. The van der Waals surface area contributed by atoms with E-state index in [4.69, 9.17) is 23.2 Å². The van der Waals surface area contributed by atoms with Crippen LogP contribution in [0.1, 0.15) is 23.5 Å². The lowest BCUT2D eigenvalue weighted by molar-refractivity contribution is 0.831. The van der Waals surface area contributed by atoms with Crippen molar-refractivity contribution in [1.29, 1.82) is 0 Å². The summed E-state index contributed by atoms with van der Waals surface area (Å²) in [4.78, 5) is 0. The molecule has 2 rings (SSSR count). The summed E-state index contributed by atoms with van der Waals surface area (Å²) in [6.45, 7) is 3.83. The fraction of sp³-hybridized carbons (Fsp3) is 0.125. The number of benzene rings is 2. The van der Waals surface area contributed by atoms with E-state index in [0.717, 1.165) is 12.0 Å². The van der Waals surface area contributed by atoms with Crippen molar-refractivity contribution in [2.24, 2.45) is 0 Å². The van der Waals surface area contributed by atoms with E-state index in [2.05, 4.69) is 18.7 Å². The molecule has 0 spiro atoms. The van der Waals surface area contributed by atoms with Crippen molar-refractivity contribution in [2.75, 3.05) is 0 Å². The zero-order valence-electron chi connectivity index (χ0n) is 9.94. The van der Waals surface area contributed by atoms with E-state index in [-0.39, 0.29) is 5.92 Å². The smallest absolute Gasteiger partial charge is 0.0595 e. The number of rotatable bonds is 4. The van der Waals surface area contributed by atoms with Gasteiger partial charge < -0.3 is 0 Å². The Labute approximate surface area is 118 Å². The van der Waals surface area contributed by atoms with Crippen molar-refractivity contribution in [3.8, 4) is 0 Å². The summed E-state index contributed by atoms with van der Waals surface area (Å²) in [6, 6.07) is 16.2. The average Bonchev–Trinajstić information content (AvgIpc) is 2.40. The second kappa shape index (κ2) is 6.08. The van der Waals surface area contributed by atoms with Gasteiger partial charge in [0.05, 0.1) is 10.0 Å². The molecule has 0 N–H and O–H groups in total. The minimum Gasteiger partial charge on any atom is -0.103 e. The molecule has 0 bridgehead atoms. The molecule has 2 aromatic rings. The van der Waals surface area contributed by atoms with Crippen molar-refractivity contribution in [1.82, 2.24) is 0 Å². The number of allylic oxidation sites excluding steroid dienone is 1. The first-order chi connectivity index (χ1) is 8.72. The van der Waals surface area contributed by atoms with Crippen LogP contribution in [0.15, 0.2) is 61.2 Å². The van der Waals surface area contributed by atoms with E-state index in [9.17, 15) is 0 Å². The summed E-state index contributed by atoms with van der Waals surface area (Å²) >= 11 is 12.0. The quantitative estimate of drug-likeness (QED) is 0.629. The molecule has 92 valence electrons. The minimum atomic E-state index is 0.276. The van der Waals surface area contributed by atoms with E-state index in [1.165, 1.54) is 5.56 Å². The first kappa shape index (κ1) is 13.2. The van der Waals surface area contributed by atoms with Gasteiger partial charge in [-0.05, 0) is 29.7 Å². The summed E-state index contributed by atoms with van der Waals surface area (Å²) in [6.07, 6.45) is 2.81. The van der Waals surface area contributed by atoms with Gasteiger partial charge in [-0.2, -0.15) is 0 Å². The maximum Gasteiger partial charge on any atom is 0.0595 e. The molecular weight excluding hydrogens is 263 g/mol. The van der Waals surface area contributed by atoms with Crippen LogP contribution in [0.5, 0.6) is 0 Å². The Balaban J connectivity index is 2.41. The molecule has 0 aliphatic carbocycles. The predicted molar refractivity (Wildman–Crippen MR) is 79.6 cm³/mol. The number of hydrogen-bond acceptors (Lipinski definition) is 0. The first-order valence-corrected chi connectivity index (χ1v) is 6.58. The lowest BCUT2D eigenvalue weighted by atomic mass is 9.89. The Morgan fingerprint density at radius 2 is 1.67 bits per heavy atom. The maximum absolute atomic E-state index is 6.09. The molecule has 2 aromatic carbocycles. The number of halogens is 2. The van der Waals surface area contributed by atoms with Crippen molar-refractivity contribution in [3.05, 3.63) is 82.4 Å². The Hall–Kier alpha value is -1.24. The Bertz CT molecular complexity index is 532. The largest absolute Gasteiger partial charge is 0.103 e. The van der Waals surface area contributed by atoms with Gasteiger partial charge in [0.1, 0.15) is 0 Å². The van der Waals surface area contributed by atoms with Crippen LogP contribution >= 0.6 is 23.2 Å². The summed E-state index contributed by atoms with van der Waals surface area (Å²) < 4.78 is 0. The lowest BCUT2D eigenvalue weighted by Gasteiger charge is -2.16. The lowest BCUT2D eigenvalue weighted by Crippen LogP contribution is -1.99. The fourth-order valence-electron chi connectivity index (χ4n) is 2.05. The standard InChI is InChI=1S/C16H14Cl2/c1-2-6-14(12-7-4-3-5-8-12)13-9-10-15(17)16(18)11-13/h2-5,7-11,14H,1,6H2. The molecule has 1 atom stereocenters. The third kappa shape index (κ3) is 2.95. The number of hydrogen-bond donors (Lipinski definition) is 0. The van der Waals surface area contributed by atoms with Crippen LogP contribution in [-0.2, 0) is 0 Å². The zero-order valence-corrected chi connectivity index (χ0v) is 11.5. The van der Waals surface area contributed by atoms with Gasteiger partial charge in [-0.3, -0.25) is 0 Å². The first-order valence-electron chi connectivity index (χ1n) is 5.83. The average molecular weight is 277 g/mol. The van der Waals surface area contributed by atoms with Crippen LogP contribution in [0.3, 0.4) is 0 Å². The van der Waals surface area contributed by atoms with Crippen molar-refractivity contribution >= 4 is 23.2 Å². The molecule has 0 fully saturated rings. The van der Waals surface area contributed by atoms with Crippen LogP contribution in [0.4, 0.5) is 0 Å². The monoisotopic (exact) mass is 276 g/mol. The topological polar surface area (TPSA) is 0 Å². The highest BCUT2D eigenvalue weighted by Crippen LogP contribution is 2.32.